The van der Waals surface area contributed by atoms with E-state index < -0.39 is 5.82 Å². The molecule has 1 fully saturated rings. The average molecular weight is 428 g/mol. The molecule has 0 saturated carbocycles. The number of nitrogens with zero attached hydrogens (tertiary/aromatic N) is 5. The fourth-order valence-electron chi connectivity index (χ4n) is 4.47. The van der Waals surface area contributed by atoms with Crippen molar-refractivity contribution in [1.82, 2.24) is 19.8 Å². The number of anilines is 2. The van der Waals surface area contributed by atoms with Gasteiger partial charge in [-0.15, -0.1) is 0 Å². The molecule has 0 unspecified atom stereocenters. The van der Waals surface area contributed by atoms with E-state index in [2.05, 4.69) is 21.8 Å². The third kappa shape index (κ3) is 4.41. The molecule has 0 spiro atoms. The molecule has 1 aliphatic heterocycles. The highest BCUT2D eigenvalue weighted by Gasteiger charge is 2.30. The fraction of sp³-hybridized carbons (Fsp3) is 0.500. The number of rotatable bonds is 5. The maximum atomic E-state index is 13.8. The van der Waals surface area contributed by atoms with Gasteiger partial charge in [-0.2, -0.15) is 0 Å². The maximum Gasteiger partial charge on any atom is 0.320 e. The molecule has 4 N–H and O–H groups in total. The summed E-state index contributed by atoms with van der Waals surface area (Å²) in [5.41, 5.74) is 14.5. The van der Waals surface area contributed by atoms with Gasteiger partial charge in [0.15, 0.2) is 0 Å². The predicted molar refractivity (Wildman–Crippen MR) is 118 cm³/mol. The van der Waals surface area contributed by atoms with Crippen LogP contribution in [-0.2, 0) is 13.0 Å². The molecule has 2 heterocycles. The summed E-state index contributed by atoms with van der Waals surface area (Å²) in [6.45, 7) is 5.90. The second-order valence-corrected chi connectivity index (χ2v) is 8.32. The van der Waals surface area contributed by atoms with E-state index in [-0.39, 0.29) is 11.7 Å². The van der Waals surface area contributed by atoms with Gasteiger partial charge >= 0.3 is 6.03 Å². The zero-order valence-corrected chi connectivity index (χ0v) is 17.9. The van der Waals surface area contributed by atoms with Crippen LogP contribution in [0.15, 0.2) is 24.5 Å². The molecule has 2 amide bonds. The van der Waals surface area contributed by atoms with Crippen LogP contribution in [0.2, 0.25) is 0 Å². The number of aryl methyl sites for hydroxylation is 1. The van der Waals surface area contributed by atoms with E-state index in [1.165, 1.54) is 17.7 Å². The number of halogens is 1. The first kappa shape index (κ1) is 21.3. The fourth-order valence-corrected chi connectivity index (χ4v) is 4.47. The Labute approximate surface area is 182 Å². The number of amides is 2. The number of carbonyl (C=O) groups is 1. The van der Waals surface area contributed by atoms with Crippen LogP contribution in [0.5, 0.6) is 0 Å². The van der Waals surface area contributed by atoms with Crippen LogP contribution >= 0.6 is 0 Å². The second kappa shape index (κ2) is 9.05. The standard InChI is InChI=1S/C22H30FN7O/c1-15-2-5-19-20(15)21(27-14-26-19)28-8-10-29(11-9-28)22(31)30(7-6-24)13-16-3-4-18(25)17(23)12-16/h3-4,12,14-15H,2,5-11,13,24-25H2,1H3/t15-/m1/s1. The third-order valence-electron chi connectivity index (χ3n) is 6.21. The number of hydrogen-bond donors (Lipinski definition) is 2. The van der Waals surface area contributed by atoms with Crippen LogP contribution in [0.1, 0.15) is 36.1 Å². The average Bonchev–Trinajstić information content (AvgIpc) is 3.17. The summed E-state index contributed by atoms with van der Waals surface area (Å²) < 4.78 is 13.8. The summed E-state index contributed by atoms with van der Waals surface area (Å²) in [6, 6.07) is 4.56. The van der Waals surface area contributed by atoms with Crippen molar-refractivity contribution in [1.29, 1.82) is 0 Å². The molecule has 9 heteroatoms. The SMILES string of the molecule is C[C@@H]1CCc2ncnc(N3CCN(C(=O)N(CCN)Cc4ccc(N)c(F)c4)CC3)c21. The first-order valence-electron chi connectivity index (χ1n) is 10.8. The Balaban J connectivity index is 1.42. The molecule has 2 aromatic rings. The van der Waals surface area contributed by atoms with E-state index in [9.17, 15) is 9.18 Å². The Morgan fingerprint density at radius 2 is 2.03 bits per heavy atom. The number of piperazine rings is 1. The molecular weight excluding hydrogens is 397 g/mol. The molecule has 4 rings (SSSR count). The van der Waals surface area contributed by atoms with Crippen molar-refractivity contribution in [2.75, 3.05) is 49.9 Å². The van der Waals surface area contributed by atoms with Gasteiger partial charge in [-0.1, -0.05) is 13.0 Å². The third-order valence-corrected chi connectivity index (χ3v) is 6.21. The van der Waals surface area contributed by atoms with Crippen molar-refractivity contribution in [2.45, 2.75) is 32.2 Å². The second-order valence-electron chi connectivity index (χ2n) is 8.32. The zero-order valence-electron chi connectivity index (χ0n) is 17.9. The lowest BCUT2D eigenvalue weighted by Crippen LogP contribution is -2.53. The van der Waals surface area contributed by atoms with Gasteiger partial charge < -0.3 is 26.2 Å². The minimum atomic E-state index is -0.474. The Morgan fingerprint density at radius 3 is 2.74 bits per heavy atom. The molecule has 1 atom stereocenters. The summed E-state index contributed by atoms with van der Waals surface area (Å²) in [6.07, 6.45) is 3.77. The molecule has 8 nitrogen and oxygen atoms in total. The molecule has 1 aromatic heterocycles. The van der Waals surface area contributed by atoms with Gasteiger partial charge in [-0.05, 0) is 36.5 Å². The number of urea groups is 1. The molecule has 1 aromatic carbocycles. The summed E-state index contributed by atoms with van der Waals surface area (Å²) in [4.78, 5) is 27.9. The monoisotopic (exact) mass is 427 g/mol. The van der Waals surface area contributed by atoms with E-state index in [0.29, 0.717) is 44.2 Å². The molecular formula is C22H30FN7O. The highest BCUT2D eigenvalue weighted by molar-refractivity contribution is 5.75. The normalized spacial score (nSPS) is 18.2. The lowest BCUT2D eigenvalue weighted by molar-refractivity contribution is 0.148. The molecule has 166 valence electrons. The Hall–Kier alpha value is -2.94. The van der Waals surface area contributed by atoms with Crippen molar-refractivity contribution in [3.63, 3.8) is 0 Å². The van der Waals surface area contributed by atoms with Gasteiger partial charge in [-0.3, -0.25) is 0 Å². The number of carbonyl (C=O) groups excluding carboxylic acids is 1. The van der Waals surface area contributed by atoms with Crippen LogP contribution in [0.25, 0.3) is 0 Å². The van der Waals surface area contributed by atoms with Gasteiger partial charge in [0, 0.05) is 57.1 Å². The van der Waals surface area contributed by atoms with Crippen LogP contribution in [0.4, 0.5) is 20.7 Å². The summed E-state index contributed by atoms with van der Waals surface area (Å²) in [5, 5.41) is 0. The van der Waals surface area contributed by atoms with Crippen molar-refractivity contribution in [2.24, 2.45) is 5.73 Å². The maximum absolute atomic E-state index is 13.8. The number of nitrogens with two attached hydrogens (primary N) is 2. The number of fused-ring (bicyclic) bond motifs is 1. The lowest BCUT2D eigenvalue weighted by atomic mass is 10.1. The van der Waals surface area contributed by atoms with E-state index in [1.54, 1.807) is 17.3 Å². The van der Waals surface area contributed by atoms with E-state index in [4.69, 9.17) is 11.5 Å². The first-order chi connectivity index (χ1) is 15.0. The highest BCUT2D eigenvalue weighted by Crippen LogP contribution is 2.37. The summed E-state index contributed by atoms with van der Waals surface area (Å²) in [5.74, 6) is 1.00. The lowest BCUT2D eigenvalue weighted by Gasteiger charge is -2.38. The van der Waals surface area contributed by atoms with Gasteiger partial charge in [0.2, 0.25) is 0 Å². The predicted octanol–water partition coefficient (Wildman–Crippen LogP) is 1.95. The highest BCUT2D eigenvalue weighted by atomic mass is 19.1. The van der Waals surface area contributed by atoms with Crippen molar-refractivity contribution < 1.29 is 9.18 Å². The quantitative estimate of drug-likeness (QED) is 0.707. The summed E-state index contributed by atoms with van der Waals surface area (Å²) >= 11 is 0. The van der Waals surface area contributed by atoms with Gasteiger partial charge in [0.05, 0.1) is 5.69 Å². The van der Waals surface area contributed by atoms with Crippen LogP contribution in [0.3, 0.4) is 0 Å². The Morgan fingerprint density at radius 1 is 1.26 bits per heavy atom. The smallest absolute Gasteiger partial charge is 0.320 e. The van der Waals surface area contributed by atoms with E-state index in [1.807, 2.05) is 4.90 Å². The van der Waals surface area contributed by atoms with Gasteiger partial charge in [-0.25, -0.2) is 19.2 Å². The van der Waals surface area contributed by atoms with Gasteiger partial charge in [0.1, 0.15) is 18.0 Å². The van der Waals surface area contributed by atoms with Crippen molar-refractivity contribution >= 4 is 17.5 Å². The Kier molecular flexibility index (Phi) is 6.22. The van der Waals surface area contributed by atoms with E-state index >= 15 is 0 Å². The topological polar surface area (TPSA) is 105 Å². The molecule has 0 radical (unpaired) electrons. The minimum Gasteiger partial charge on any atom is -0.396 e. The molecule has 1 aliphatic carbocycles. The minimum absolute atomic E-state index is 0.0800. The number of benzene rings is 1. The first-order valence-corrected chi connectivity index (χ1v) is 10.8. The van der Waals surface area contributed by atoms with Crippen LogP contribution in [0, 0.1) is 5.82 Å². The Bertz CT molecular complexity index is 945. The van der Waals surface area contributed by atoms with Crippen LogP contribution < -0.4 is 16.4 Å². The summed E-state index contributed by atoms with van der Waals surface area (Å²) in [7, 11) is 0. The largest absolute Gasteiger partial charge is 0.396 e. The van der Waals surface area contributed by atoms with Crippen molar-refractivity contribution in [3.05, 3.63) is 47.2 Å². The molecule has 31 heavy (non-hydrogen) atoms. The van der Waals surface area contributed by atoms with Crippen LogP contribution in [-0.4, -0.2) is 65.1 Å². The number of aromatic nitrogens is 2. The molecule has 1 saturated heterocycles. The van der Waals surface area contributed by atoms with E-state index in [0.717, 1.165) is 37.4 Å². The number of hydrogen-bond acceptors (Lipinski definition) is 6. The zero-order chi connectivity index (χ0) is 22.0. The molecule has 2 aliphatic rings. The van der Waals surface area contributed by atoms with Gasteiger partial charge in [0.25, 0.3) is 0 Å². The number of nitrogen functional groups attached to an aromatic ring is 1. The van der Waals surface area contributed by atoms with Crippen molar-refractivity contribution in [3.8, 4) is 0 Å². The molecule has 0 bridgehead atoms.